The van der Waals surface area contributed by atoms with E-state index in [0.29, 0.717) is 13.0 Å². The Morgan fingerprint density at radius 2 is 2.07 bits per heavy atom. The first-order chi connectivity index (χ1) is 7.27. The Hall–Kier alpha value is -1.82. The van der Waals surface area contributed by atoms with E-state index in [2.05, 4.69) is 0 Å². The number of nitriles is 1. The first kappa shape index (κ1) is 11.3. The van der Waals surface area contributed by atoms with Crippen LogP contribution >= 0.6 is 0 Å². The maximum Gasteiger partial charge on any atom is 0.227 e. The lowest BCUT2D eigenvalue weighted by Gasteiger charge is -2.16. The molecule has 0 radical (unpaired) electrons. The van der Waals surface area contributed by atoms with Crippen molar-refractivity contribution in [2.24, 2.45) is 0 Å². The third kappa shape index (κ3) is 3.43. The predicted molar refractivity (Wildman–Crippen MR) is 58.0 cm³/mol. The van der Waals surface area contributed by atoms with Crippen molar-refractivity contribution in [2.45, 2.75) is 13.3 Å². The zero-order valence-electron chi connectivity index (χ0n) is 8.81. The molecule has 1 aromatic rings. The third-order valence-corrected chi connectivity index (χ3v) is 2.19. The summed E-state index contributed by atoms with van der Waals surface area (Å²) in [6, 6.07) is 11.5. The van der Waals surface area contributed by atoms with E-state index in [1.807, 2.05) is 43.3 Å². The molecule has 0 heterocycles. The second kappa shape index (κ2) is 5.82. The number of hydrogen-bond acceptors (Lipinski definition) is 2. The van der Waals surface area contributed by atoms with Crippen molar-refractivity contribution in [1.82, 2.24) is 4.90 Å². The van der Waals surface area contributed by atoms with Crippen LogP contribution in [0.5, 0.6) is 0 Å². The molecule has 15 heavy (non-hydrogen) atoms. The monoisotopic (exact) mass is 202 g/mol. The minimum atomic E-state index is 0.00486. The lowest BCUT2D eigenvalue weighted by atomic mass is 10.1. The highest BCUT2D eigenvalue weighted by molar-refractivity contribution is 5.78. The van der Waals surface area contributed by atoms with E-state index in [0.717, 1.165) is 5.56 Å². The van der Waals surface area contributed by atoms with E-state index >= 15 is 0 Å². The van der Waals surface area contributed by atoms with Gasteiger partial charge < -0.3 is 4.90 Å². The molecule has 78 valence electrons. The van der Waals surface area contributed by atoms with Crippen molar-refractivity contribution in [2.75, 3.05) is 13.1 Å². The molecule has 0 aliphatic rings. The molecule has 3 nitrogen and oxygen atoms in total. The maximum atomic E-state index is 11.7. The summed E-state index contributed by atoms with van der Waals surface area (Å²) in [5.41, 5.74) is 0.985. The Bertz CT molecular complexity index is 354. The normalized spacial score (nSPS) is 9.33. The van der Waals surface area contributed by atoms with Gasteiger partial charge in [-0.25, -0.2) is 0 Å². The van der Waals surface area contributed by atoms with Crippen molar-refractivity contribution in [3.05, 3.63) is 35.9 Å². The smallest absolute Gasteiger partial charge is 0.227 e. The fraction of sp³-hybridized carbons (Fsp3) is 0.333. The van der Waals surface area contributed by atoms with Gasteiger partial charge in [0.25, 0.3) is 0 Å². The Kier molecular flexibility index (Phi) is 4.36. The summed E-state index contributed by atoms with van der Waals surface area (Å²) in [6.45, 7) is 2.63. The Morgan fingerprint density at radius 1 is 1.40 bits per heavy atom. The first-order valence-corrected chi connectivity index (χ1v) is 4.96. The van der Waals surface area contributed by atoms with Crippen molar-refractivity contribution < 1.29 is 4.79 Å². The zero-order chi connectivity index (χ0) is 11.1. The first-order valence-electron chi connectivity index (χ1n) is 4.96. The van der Waals surface area contributed by atoms with Gasteiger partial charge in [0.2, 0.25) is 5.91 Å². The standard InChI is InChI=1S/C12H14N2O/c1-2-14(9-8-13)12(15)10-11-6-4-3-5-7-11/h3-7H,2,9-10H2,1H3. The van der Waals surface area contributed by atoms with Gasteiger partial charge in [-0.2, -0.15) is 5.26 Å². The zero-order valence-corrected chi connectivity index (χ0v) is 8.81. The molecule has 1 aromatic carbocycles. The number of carbonyl (C=O) groups is 1. The van der Waals surface area contributed by atoms with Crippen LogP contribution in [0, 0.1) is 11.3 Å². The molecule has 0 aliphatic carbocycles. The van der Waals surface area contributed by atoms with Gasteiger partial charge in [0.05, 0.1) is 12.5 Å². The van der Waals surface area contributed by atoms with Crippen molar-refractivity contribution in [1.29, 1.82) is 5.26 Å². The highest BCUT2D eigenvalue weighted by Crippen LogP contribution is 2.02. The molecule has 0 aromatic heterocycles. The van der Waals surface area contributed by atoms with Gasteiger partial charge >= 0.3 is 0 Å². The molecule has 0 atom stereocenters. The number of rotatable bonds is 4. The summed E-state index contributed by atoms with van der Waals surface area (Å²) in [6.07, 6.45) is 0.371. The lowest BCUT2D eigenvalue weighted by molar-refractivity contribution is -0.129. The fourth-order valence-corrected chi connectivity index (χ4v) is 1.34. The van der Waals surface area contributed by atoms with Crippen LogP contribution in [0.15, 0.2) is 30.3 Å². The van der Waals surface area contributed by atoms with Gasteiger partial charge in [0.15, 0.2) is 0 Å². The van der Waals surface area contributed by atoms with Gasteiger partial charge in [-0.1, -0.05) is 30.3 Å². The van der Waals surface area contributed by atoms with Crippen molar-refractivity contribution in [3.8, 4) is 6.07 Å². The average Bonchev–Trinajstić information content (AvgIpc) is 2.27. The average molecular weight is 202 g/mol. The number of hydrogen-bond donors (Lipinski definition) is 0. The molecule has 0 spiro atoms. The Balaban J connectivity index is 2.59. The maximum absolute atomic E-state index is 11.7. The second-order valence-electron chi connectivity index (χ2n) is 3.23. The van der Waals surface area contributed by atoms with Gasteiger partial charge in [-0.05, 0) is 12.5 Å². The molecule has 1 amide bonds. The van der Waals surface area contributed by atoms with Crippen LogP contribution in [-0.4, -0.2) is 23.9 Å². The highest BCUT2D eigenvalue weighted by Gasteiger charge is 2.10. The van der Waals surface area contributed by atoms with Crippen LogP contribution in [0.2, 0.25) is 0 Å². The van der Waals surface area contributed by atoms with Gasteiger partial charge in [-0.15, -0.1) is 0 Å². The van der Waals surface area contributed by atoms with E-state index in [-0.39, 0.29) is 12.5 Å². The van der Waals surface area contributed by atoms with Gasteiger partial charge in [-0.3, -0.25) is 4.79 Å². The Labute approximate surface area is 89.9 Å². The summed E-state index contributed by atoms with van der Waals surface area (Å²) in [4.78, 5) is 13.3. The molecule has 3 heteroatoms. The molecule has 0 N–H and O–H groups in total. The summed E-state index contributed by atoms with van der Waals surface area (Å²) in [5, 5.41) is 8.54. The van der Waals surface area contributed by atoms with E-state index in [9.17, 15) is 4.79 Å². The van der Waals surface area contributed by atoms with Crippen molar-refractivity contribution >= 4 is 5.91 Å². The Morgan fingerprint density at radius 3 is 2.60 bits per heavy atom. The summed E-state index contributed by atoms with van der Waals surface area (Å²) < 4.78 is 0. The molecular weight excluding hydrogens is 188 g/mol. The minimum absolute atomic E-state index is 0.00486. The SMILES string of the molecule is CCN(CC#N)C(=O)Cc1ccccc1. The third-order valence-electron chi connectivity index (χ3n) is 2.19. The molecule has 0 fully saturated rings. The highest BCUT2D eigenvalue weighted by atomic mass is 16.2. The molecule has 1 rings (SSSR count). The van der Waals surface area contributed by atoms with Crippen LogP contribution in [0.4, 0.5) is 0 Å². The second-order valence-corrected chi connectivity index (χ2v) is 3.23. The van der Waals surface area contributed by atoms with Crippen LogP contribution in [0.3, 0.4) is 0 Å². The predicted octanol–water partition coefficient (Wildman–Crippen LogP) is 1.60. The summed E-state index contributed by atoms with van der Waals surface area (Å²) >= 11 is 0. The molecule has 0 bridgehead atoms. The minimum Gasteiger partial charge on any atom is -0.329 e. The van der Waals surface area contributed by atoms with Crippen LogP contribution in [0.25, 0.3) is 0 Å². The fourth-order valence-electron chi connectivity index (χ4n) is 1.34. The number of carbonyl (C=O) groups excluding carboxylic acids is 1. The van der Waals surface area contributed by atoms with E-state index in [1.165, 1.54) is 0 Å². The van der Waals surface area contributed by atoms with Gasteiger partial charge in [0.1, 0.15) is 6.54 Å². The lowest BCUT2D eigenvalue weighted by Crippen LogP contribution is -2.32. The van der Waals surface area contributed by atoms with Gasteiger partial charge in [0, 0.05) is 6.54 Å². The summed E-state index contributed by atoms with van der Waals surface area (Å²) in [5.74, 6) is 0.00486. The molecule has 0 saturated carbocycles. The van der Waals surface area contributed by atoms with Crippen molar-refractivity contribution in [3.63, 3.8) is 0 Å². The number of benzene rings is 1. The molecule has 0 saturated heterocycles. The van der Waals surface area contributed by atoms with Crippen LogP contribution in [0.1, 0.15) is 12.5 Å². The summed E-state index contributed by atoms with van der Waals surface area (Å²) in [7, 11) is 0. The number of likely N-dealkylation sites (N-methyl/N-ethyl adjacent to an activating group) is 1. The topological polar surface area (TPSA) is 44.1 Å². The molecule has 0 unspecified atom stereocenters. The van der Waals surface area contributed by atoms with E-state index in [1.54, 1.807) is 4.90 Å². The molecular formula is C12H14N2O. The van der Waals surface area contributed by atoms with Crippen LogP contribution in [-0.2, 0) is 11.2 Å². The number of amides is 1. The van der Waals surface area contributed by atoms with E-state index < -0.39 is 0 Å². The largest absolute Gasteiger partial charge is 0.329 e. The van der Waals surface area contributed by atoms with Crippen LogP contribution < -0.4 is 0 Å². The number of nitrogens with zero attached hydrogens (tertiary/aromatic N) is 2. The molecule has 0 aliphatic heterocycles. The van der Waals surface area contributed by atoms with E-state index in [4.69, 9.17) is 5.26 Å². The quantitative estimate of drug-likeness (QED) is 0.696.